The monoisotopic (exact) mass is 165 g/mol. The van der Waals surface area contributed by atoms with Crippen LogP contribution in [0.3, 0.4) is 0 Å². The molecule has 1 heterocycles. The number of rotatable bonds is 1. The average molecular weight is 165 g/mol. The Kier molecular flexibility index (Phi) is 1.29. The van der Waals surface area contributed by atoms with E-state index in [9.17, 15) is 13.2 Å². The Morgan fingerprint density at radius 1 is 1.70 bits per heavy atom. The Bertz CT molecular complexity index is 288. The van der Waals surface area contributed by atoms with Crippen molar-refractivity contribution in [1.82, 2.24) is 4.72 Å². The molecule has 56 valence electrons. The Morgan fingerprint density at radius 3 is 2.50 bits per heavy atom. The molecule has 0 radical (unpaired) electrons. The van der Waals surface area contributed by atoms with Gasteiger partial charge in [-0.2, -0.15) is 8.42 Å². The van der Waals surface area contributed by atoms with E-state index >= 15 is 0 Å². The van der Waals surface area contributed by atoms with E-state index in [0.717, 1.165) is 6.20 Å². The van der Waals surface area contributed by atoms with Crippen LogP contribution in [0.4, 0.5) is 0 Å². The van der Waals surface area contributed by atoms with Crippen LogP contribution in [0.25, 0.3) is 0 Å². The van der Waals surface area contributed by atoms with Gasteiger partial charge in [0.15, 0.2) is 0 Å². The van der Waals surface area contributed by atoms with E-state index in [1.165, 1.54) is 0 Å². The van der Waals surface area contributed by atoms with Gasteiger partial charge in [-0.3, -0.25) is 4.72 Å². The maximum Gasteiger partial charge on any atom is 0.407 e. The Balaban J connectivity index is 2.83. The summed E-state index contributed by atoms with van der Waals surface area (Å²) in [6.45, 7) is 0. The van der Waals surface area contributed by atoms with Gasteiger partial charge in [0.1, 0.15) is 0 Å². The van der Waals surface area contributed by atoms with Crippen molar-refractivity contribution >= 4 is 16.3 Å². The first kappa shape index (κ1) is 6.87. The van der Waals surface area contributed by atoms with Crippen molar-refractivity contribution in [2.24, 2.45) is 0 Å². The lowest BCUT2D eigenvalue weighted by molar-refractivity contribution is -0.134. The summed E-state index contributed by atoms with van der Waals surface area (Å²) in [7, 11) is -3.86. The summed E-state index contributed by atoms with van der Waals surface area (Å²) < 4.78 is 26.3. The summed E-state index contributed by atoms with van der Waals surface area (Å²) in [4.78, 5) is 9.99. The highest BCUT2D eigenvalue weighted by Gasteiger charge is 2.24. The van der Waals surface area contributed by atoms with Gasteiger partial charge in [-0.1, -0.05) is 0 Å². The van der Waals surface area contributed by atoms with Gasteiger partial charge in [-0.25, -0.2) is 4.79 Å². The number of carbonyl (C=O) groups is 1. The lowest BCUT2D eigenvalue weighted by Gasteiger charge is -1.92. The van der Waals surface area contributed by atoms with Crippen LogP contribution >= 0.6 is 0 Å². The normalized spacial score (nSPS) is 20.6. The van der Waals surface area contributed by atoms with E-state index < -0.39 is 22.0 Å². The van der Waals surface area contributed by atoms with E-state index in [2.05, 4.69) is 4.18 Å². The molecule has 2 N–H and O–H groups in total. The highest BCUT2D eigenvalue weighted by atomic mass is 32.2. The first-order valence-electron chi connectivity index (χ1n) is 2.16. The van der Waals surface area contributed by atoms with Gasteiger partial charge in [0, 0.05) is 0 Å². The van der Waals surface area contributed by atoms with Crippen molar-refractivity contribution in [3.8, 4) is 0 Å². The Labute approximate surface area is 56.4 Å². The second-order valence-corrected chi connectivity index (χ2v) is 2.78. The Hall–Kier alpha value is -1.24. The first-order valence-corrected chi connectivity index (χ1v) is 3.57. The van der Waals surface area contributed by atoms with Crippen molar-refractivity contribution in [1.29, 1.82) is 0 Å². The van der Waals surface area contributed by atoms with Gasteiger partial charge in [-0.05, 0) is 0 Å². The SMILES string of the molecule is O=C(O)C1=CNS(=O)(=O)O1. The minimum Gasteiger partial charge on any atom is -0.475 e. The average Bonchev–Trinajstić information content (AvgIpc) is 2.10. The maximum absolute atomic E-state index is 10.3. The zero-order valence-corrected chi connectivity index (χ0v) is 5.38. The first-order chi connectivity index (χ1) is 4.51. The largest absolute Gasteiger partial charge is 0.475 e. The zero-order valence-electron chi connectivity index (χ0n) is 4.57. The number of carboxylic acids is 1. The molecule has 0 aromatic carbocycles. The van der Waals surface area contributed by atoms with E-state index in [1.807, 2.05) is 0 Å². The van der Waals surface area contributed by atoms with E-state index in [0.29, 0.717) is 0 Å². The summed E-state index contributed by atoms with van der Waals surface area (Å²) in [5.74, 6) is -2.05. The molecule has 1 rings (SSSR count). The molecular formula is C3H3NO5S. The second-order valence-electron chi connectivity index (χ2n) is 1.47. The van der Waals surface area contributed by atoms with Crippen molar-refractivity contribution in [3.63, 3.8) is 0 Å². The molecular weight excluding hydrogens is 162 g/mol. The van der Waals surface area contributed by atoms with Gasteiger partial charge in [-0.15, -0.1) is 0 Å². The minimum atomic E-state index is -3.86. The lowest BCUT2D eigenvalue weighted by Crippen LogP contribution is -2.12. The van der Waals surface area contributed by atoms with Crippen molar-refractivity contribution in [3.05, 3.63) is 12.0 Å². The van der Waals surface area contributed by atoms with E-state index in [-0.39, 0.29) is 0 Å². The summed E-state index contributed by atoms with van der Waals surface area (Å²) in [5.41, 5.74) is 0. The van der Waals surface area contributed by atoms with Crippen molar-refractivity contribution in [2.45, 2.75) is 0 Å². The van der Waals surface area contributed by atoms with E-state index in [4.69, 9.17) is 5.11 Å². The molecule has 0 saturated carbocycles. The summed E-state index contributed by atoms with van der Waals surface area (Å²) in [6.07, 6.45) is 0.762. The van der Waals surface area contributed by atoms with Crippen molar-refractivity contribution < 1.29 is 22.5 Å². The molecule has 0 fully saturated rings. The van der Waals surface area contributed by atoms with Gasteiger partial charge in [0.2, 0.25) is 5.76 Å². The molecule has 1 aliphatic rings. The fourth-order valence-corrected chi connectivity index (χ4v) is 1.04. The molecule has 0 aliphatic carbocycles. The summed E-state index contributed by atoms with van der Waals surface area (Å²) in [6, 6.07) is 0. The van der Waals surface area contributed by atoms with Gasteiger partial charge >= 0.3 is 16.3 Å². The number of hydrogen-bond donors (Lipinski definition) is 2. The predicted octanol–water partition coefficient (Wildman–Crippen LogP) is -1.22. The van der Waals surface area contributed by atoms with Crippen LogP contribution in [0.5, 0.6) is 0 Å². The molecule has 0 bridgehead atoms. The third-order valence-corrected chi connectivity index (χ3v) is 1.55. The zero-order chi connectivity index (χ0) is 7.78. The molecule has 0 spiro atoms. The molecule has 7 heteroatoms. The second kappa shape index (κ2) is 1.87. The highest BCUT2D eigenvalue weighted by molar-refractivity contribution is 7.85. The number of carboxylic acid groups (broad SMARTS) is 1. The van der Waals surface area contributed by atoms with Crippen LogP contribution in [0, 0.1) is 0 Å². The summed E-state index contributed by atoms with van der Waals surface area (Å²) >= 11 is 0. The molecule has 0 unspecified atom stereocenters. The molecule has 1 aliphatic heterocycles. The number of hydrogen-bond acceptors (Lipinski definition) is 4. The van der Waals surface area contributed by atoms with Crippen LogP contribution < -0.4 is 4.72 Å². The smallest absolute Gasteiger partial charge is 0.407 e. The lowest BCUT2D eigenvalue weighted by atomic mass is 10.6. The maximum atomic E-state index is 10.3. The number of nitrogens with one attached hydrogen (secondary N) is 1. The fraction of sp³-hybridized carbons (Fsp3) is 0. The van der Waals surface area contributed by atoms with Gasteiger partial charge < -0.3 is 9.29 Å². The molecule has 0 amide bonds. The van der Waals surface area contributed by atoms with Crippen LogP contribution in [0.15, 0.2) is 12.0 Å². The highest BCUT2D eigenvalue weighted by Crippen LogP contribution is 2.07. The third-order valence-electron chi connectivity index (χ3n) is 0.745. The Morgan fingerprint density at radius 2 is 2.30 bits per heavy atom. The van der Waals surface area contributed by atoms with E-state index in [1.54, 1.807) is 4.72 Å². The standard InChI is InChI=1S/C3H3NO5S/c5-3(6)2-1-4-10(7,8)9-2/h1,4H,(H,5,6). The fourth-order valence-electron chi connectivity index (χ4n) is 0.389. The number of aliphatic carboxylic acids is 1. The van der Waals surface area contributed by atoms with Crippen LogP contribution in [-0.2, 0) is 19.3 Å². The van der Waals surface area contributed by atoms with Crippen LogP contribution in [-0.4, -0.2) is 19.5 Å². The molecule has 0 aromatic heterocycles. The third kappa shape index (κ3) is 1.18. The van der Waals surface area contributed by atoms with Gasteiger partial charge in [0.25, 0.3) is 0 Å². The molecule has 10 heavy (non-hydrogen) atoms. The molecule has 0 atom stereocenters. The van der Waals surface area contributed by atoms with Crippen LogP contribution in [0.2, 0.25) is 0 Å². The summed E-state index contributed by atoms with van der Waals surface area (Å²) in [5, 5.41) is 8.15. The topological polar surface area (TPSA) is 92.7 Å². The molecule has 0 aromatic rings. The molecule has 6 nitrogen and oxygen atoms in total. The minimum absolute atomic E-state index is 0.625. The molecule has 0 saturated heterocycles. The van der Waals surface area contributed by atoms with Crippen LogP contribution in [0.1, 0.15) is 0 Å². The van der Waals surface area contributed by atoms with Crippen molar-refractivity contribution in [2.75, 3.05) is 0 Å². The van der Waals surface area contributed by atoms with Gasteiger partial charge in [0.05, 0.1) is 6.20 Å². The predicted molar refractivity (Wildman–Crippen MR) is 28.9 cm³/mol. The quantitative estimate of drug-likeness (QED) is 0.507.